The van der Waals surface area contributed by atoms with Crippen molar-refractivity contribution in [2.24, 2.45) is 0 Å². The van der Waals surface area contributed by atoms with Gasteiger partial charge in [-0.2, -0.15) is 0 Å². The van der Waals surface area contributed by atoms with Crippen molar-refractivity contribution in [1.29, 1.82) is 0 Å². The molecular formula is C12H14N2S. The van der Waals surface area contributed by atoms with Crippen LogP contribution in [0.25, 0.3) is 11.1 Å². The zero-order valence-corrected chi connectivity index (χ0v) is 9.47. The van der Waals surface area contributed by atoms with Crippen LogP contribution in [0, 0.1) is 0 Å². The van der Waals surface area contributed by atoms with E-state index < -0.39 is 0 Å². The smallest absolute Gasteiger partial charge is 0.0395 e. The molecule has 1 heterocycles. The van der Waals surface area contributed by atoms with Crippen LogP contribution in [0.2, 0.25) is 0 Å². The molecule has 0 radical (unpaired) electrons. The van der Waals surface area contributed by atoms with Crippen molar-refractivity contribution >= 4 is 22.7 Å². The van der Waals surface area contributed by atoms with E-state index in [0.717, 1.165) is 23.4 Å². The molecule has 1 aromatic heterocycles. The summed E-state index contributed by atoms with van der Waals surface area (Å²) < 4.78 is 0. The Balaban J connectivity index is 2.58. The number of aryl methyl sites for hydroxylation is 1. The molecule has 0 unspecified atom stereocenters. The van der Waals surface area contributed by atoms with E-state index in [-0.39, 0.29) is 0 Å². The third-order valence-electron chi connectivity index (χ3n) is 2.43. The molecule has 0 aliphatic heterocycles. The first-order valence-corrected chi connectivity index (χ1v) is 5.82. The summed E-state index contributed by atoms with van der Waals surface area (Å²) in [6, 6.07) is 7.74. The minimum atomic E-state index is 0.757. The number of nitrogens with two attached hydrogens (primary N) is 2. The maximum atomic E-state index is 5.95. The fraction of sp³-hybridized carbons (Fsp3) is 0.167. The Morgan fingerprint density at radius 1 is 1.13 bits per heavy atom. The SMILES string of the molecule is CCc1sccc1-c1cc(N)ccc1N. The van der Waals surface area contributed by atoms with Crippen LogP contribution >= 0.6 is 11.3 Å². The van der Waals surface area contributed by atoms with E-state index >= 15 is 0 Å². The van der Waals surface area contributed by atoms with Gasteiger partial charge in [-0.1, -0.05) is 6.92 Å². The second-order valence-corrected chi connectivity index (χ2v) is 4.46. The summed E-state index contributed by atoms with van der Waals surface area (Å²) in [4.78, 5) is 1.35. The van der Waals surface area contributed by atoms with Crippen LogP contribution in [0.1, 0.15) is 11.8 Å². The third kappa shape index (κ3) is 1.83. The minimum absolute atomic E-state index is 0.757. The Kier molecular flexibility index (Phi) is 2.64. The molecule has 0 spiro atoms. The second-order valence-electron chi connectivity index (χ2n) is 3.46. The maximum Gasteiger partial charge on any atom is 0.0395 e. The molecule has 0 fully saturated rings. The van der Waals surface area contributed by atoms with Crippen LogP contribution < -0.4 is 11.5 Å². The molecule has 2 aromatic rings. The van der Waals surface area contributed by atoms with Gasteiger partial charge < -0.3 is 11.5 Å². The summed E-state index contributed by atoms with van der Waals surface area (Å²) in [5.74, 6) is 0. The van der Waals surface area contributed by atoms with E-state index in [4.69, 9.17) is 11.5 Å². The zero-order chi connectivity index (χ0) is 10.8. The summed E-state index contributed by atoms with van der Waals surface area (Å²) >= 11 is 1.76. The Labute approximate surface area is 93.5 Å². The van der Waals surface area contributed by atoms with Gasteiger partial charge in [-0.05, 0) is 41.6 Å². The Morgan fingerprint density at radius 2 is 1.93 bits per heavy atom. The molecule has 0 saturated heterocycles. The molecule has 0 aliphatic carbocycles. The van der Waals surface area contributed by atoms with Crippen molar-refractivity contribution in [2.45, 2.75) is 13.3 Å². The molecule has 3 heteroatoms. The lowest BCUT2D eigenvalue weighted by molar-refractivity contribution is 1.19. The minimum Gasteiger partial charge on any atom is -0.399 e. The van der Waals surface area contributed by atoms with Gasteiger partial charge in [-0.3, -0.25) is 0 Å². The normalized spacial score (nSPS) is 10.5. The molecule has 0 aliphatic rings. The van der Waals surface area contributed by atoms with Crippen molar-refractivity contribution in [2.75, 3.05) is 11.5 Å². The highest BCUT2D eigenvalue weighted by Crippen LogP contribution is 2.33. The van der Waals surface area contributed by atoms with Crippen LogP contribution in [-0.2, 0) is 6.42 Å². The van der Waals surface area contributed by atoms with Crippen LogP contribution in [-0.4, -0.2) is 0 Å². The summed E-state index contributed by atoms with van der Waals surface area (Å²) in [5.41, 5.74) is 15.5. The standard InChI is InChI=1S/C12H14N2S/c1-2-12-9(5-6-15-12)10-7-8(13)3-4-11(10)14/h3-7H,2,13-14H2,1H3. The highest BCUT2D eigenvalue weighted by molar-refractivity contribution is 7.10. The molecule has 15 heavy (non-hydrogen) atoms. The van der Waals surface area contributed by atoms with Gasteiger partial charge >= 0.3 is 0 Å². The zero-order valence-electron chi connectivity index (χ0n) is 8.66. The van der Waals surface area contributed by atoms with E-state index in [1.54, 1.807) is 11.3 Å². The lowest BCUT2D eigenvalue weighted by Crippen LogP contribution is -1.93. The summed E-state index contributed by atoms with van der Waals surface area (Å²) in [6.07, 6.45) is 1.03. The van der Waals surface area contributed by atoms with Gasteiger partial charge in [-0.15, -0.1) is 11.3 Å². The van der Waals surface area contributed by atoms with Crippen LogP contribution in [0.4, 0.5) is 11.4 Å². The number of benzene rings is 1. The molecule has 78 valence electrons. The summed E-state index contributed by atoms with van der Waals surface area (Å²) in [5, 5.41) is 2.09. The number of thiophene rings is 1. The predicted octanol–water partition coefficient (Wildman–Crippen LogP) is 3.14. The molecule has 0 saturated carbocycles. The van der Waals surface area contributed by atoms with E-state index in [1.807, 2.05) is 18.2 Å². The Bertz CT molecular complexity index is 474. The molecular weight excluding hydrogens is 204 g/mol. The van der Waals surface area contributed by atoms with E-state index in [0.29, 0.717) is 0 Å². The van der Waals surface area contributed by atoms with E-state index in [2.05, 4.69) is 18.4 Å². The first-order valence-electron chi connectivity index (χ1n) is 4.94. The Morgan fingerprint density at radius 3 is 2.67 bits per heavy atom. The number of anilines is 2. The first-order chi connectivity index (χ1) is 7.22. The molecule has 2 nitrogen and oxygen atoms in total. The van der Waals surface area contributed by atoms with Gasteiger partial charge in [0.2, 0.25) is 0 Å². The fourth-order valence-electron chi connectivity index (χ4n) is 1.66. The van der Waals surface area contributed by atoms with Crippen LogP contribution in [0.5, 0.6) is 0 Å². The second kappa shape index (κ2) is 3.95. The highest BCUT2D eigenvalue weighted by atomic mass is 32.1. The van der Waals surface area contributed by atoms with E-state index in [9.17, 15) is 0 Å². The maximum absolute atomic E-state index is 5.95. The van der Waals surface area contributed by atoms with Gasteiger partial charge in [0, 0.05) is 21.8 Å². The molecule has 0 amide bonds. The fourth-order valence-corrected chi connectivity index (χ4v) is 2.50. The number of hydrogen-bond donors (Lipinski definition) is 2. The summed E-state index contributed by atoms with van der Waals surface area (Å²) in [6.45, 7) is 2.15. The van der Waals surface area contributed by atoms with Gasteiger partial charge in [0.15, 0.2) is 0 Å². The number of rotatable bonds is 2. The van der Waals surface area contributed by atoms with Crippen molar-refractivity contribution in [3.63, 3.8) is 0 Å². The largest absolute Gasteiger partial charge is 0.399 e. The van der Waals surface area contributed by atoms with Gasteiger partial charge in [0.1, 0.15) is 0 Å². The van der Waals surface area contributed by atoms with Gasteiger partial charge in [0.25, 0.3) is 0 Å². The van der Waals surface area contributed by atoms with Crippen molar-refractivity contribution in [3.05, 3.63) is 34.5 Å². The quantitative estimate of drug-likeness (QED) is 0.761. The van der Waals surface area contributed by atoms with Crippen molar-refractivity contribution < 1.29 is 0 Å². The predicted molar refractivity (Wildman–Crippen MR) is 68.0 cm³/mol. The molecule has 2 rings (SSSR count). The molecule has 4 N–H and O–H groups in total. The van der Waals surface area contributed by atoms with Crippen LogP contribution in [0.15, 0.2) is 29.6 Å². The number of hydrogen-bond acceptors (Lipinski definition) is 3. The Hall–Kier alpha value is -1.48. The van der Waals surface area contributed by atoms with Gasteiger partial charge in [0.05, 0.1) is 0 Å². The molecule has 0 atom stereocenters. The van der Waals surface area contributed by atoms with E-state index in [1.165, 1.54) is 10.4 Å². The van der Waals surface area contributed by atoms with Crippen molar-refractivity contribution in [3.8, 4) is 11.1 Å². The third-order valence-corrected chi connectivity index (χ3v) is 3.50. The molecule has 1 aromatic carbocycles. The number of nitrogen functional groups attached to an aromatic ring is 2. The highest BCUT2D eigenvalue weighted by Gasteiger charge is 2.08. The monoisotopic (exact) mass is 218 g/mol. The first kappa shape index (κ1) is 10.1. The summed E-state index contributed by atoms with van der Waals surface area (Å²) in [7, 11) is 0. The lowest BCUT2D eigenvalue weighted by Gasteiger charge is -2.07. The average molecular weight is 218 g/mol. The average Bonchev–Trinajstić information content (AvgIpc) is 2.69. The van der Waals surface area contributed by atoms with Gasteiger partial charge in [-0.25, -0.2) is 0 Å². The lowest BCUT2D eigenvalue weighted by atomic mass is 10.0. The van der Waals surface area contributed by atoms with Crippen LogP contribution in [0.3, 0.4) is 0 Å². The topological polar surface area (TPSA) is 52.0 Å². The molecule has 0 bridgehead atoms. The van der Waals surface area contributed by atoms with Crippen molar-refractivity contribution in [1.82, 2.24) is 0 Å².